The summed E-state index contributed by atoms with van der Waals surface area (Å²) in [7, 11) is 0. The highest BCUT2D eigenvalue weighted by Gasteiger charge is 2.19. The van der Waals surface area contributed by atoms with Gasteiger partial charge in [-0.15, -0.1) is 0 Å². The number of carbonyl (C=O) groups excluding carboxylic acids is 3. The first kappa shape index (κ1) is 64.8. The van der Waals surface area contributed by atoms with Crippen molar-refractivity contribution in [1.29, 1.82) is 0 Å². The average molecular weight is 950 g/mol. The van der Waals surface area contributed by atoms with E-state index in [0.717, 1.165) is 109 Å². The van der Waals surface area contributed by atoms with Crippen molar-refractivity contribution in [1.82, 2.24) is 0 Å². The zero-order valence-electron chi connectivity index (χ0n) is 44.9. The Morgan fingerprint density at radius 3 is 0.985 bits per heavy atom. The van der Waals surface area contributed by atoms with Gasteiger partial charge in [-0.1, -0.05) is 254 Å². The summed E-state index contributed by atoms with van der Waals surface area (Å²) in [6.07, 6.45) is 71.9. The third-order valence-corrected chi connectivity index (χ3v) is 12.4. The smallest absolute Gasteiger partial charge is 0.306 e. The quantitative estimate of drug-likeness (QED) is 0.0262. The van der Waals surface area contributed by atoms with Crippen LogP contribution in [0.2, 0.25) is 0 Å². The number of hydrogen-bond donors (Lipinski definition) is 0. The highest BCUT2D eigenvalue weighted by atomic mass is 16.6. The van der Waals surface area contributed by atoms with Gasteiger partial charge in [-0.05, 0) is 83.5 Å². The van der Waals surface area contributed by atoms with Crippen molar-refractivity contribution >= 4 is 17.9 Å². The largest absolute Gasteiger partial charge is 0.462 e. The van der Waals surface area contributed by atoms with Gasteiger partial charge in [0.05, 0.1) is 0 Å². The van der Waals surface area contributed by atoms with Gasteiger partial charge in [0.15, 0.2) is 6.10 Å². The van der Waals surface area contributed by atoms with Crippen molar-refractivity contribution in [3.05, 3.63) is 72.9 Å². The lowest BCUT2D eigenvalue weighted by molar-refractivity contribution is -0.167. The van der Waals surface area contributed by atoms with Crippen LogP contribution >= 0.6 is 0 Å². The normalized spacial score (nSPS) is 12.6. The first-order valence-corrected chi connectivity index (χ1v) is 28.9. The highest BCUT2D eigenvalue weighted by molar-refractivity contribution is 5.71. The topological polar surface area (TPSA) is 78.9 Å². The van der Waals surface area contributed by atoms with E-state index in [1.54, 1.807) is 0 Å². The summed E-state index contributed by atoms with van der Waals surface area (Å²) in [4.78, 5) is 38.1. The van der Waals surface area contributed by atoms with Crippen LogP contribution in [-0.4, -0.2) is 37.2 Å². The Bertz CT molecular complexity index is 1270. The standard InChI is InChI=1S/C62H108O6/c1-4-7-10-13-16-19-22-25-27-28-29-30-31-32-33-35-37-40-43-46-49-52-55-61(64)67-58-59(57-66-60(63)54-51-48-45-42-39-36-24-21-18-15-12-9-6-3)68-62(65)56-53-50-47-44-41-38-34-26-23-20-17-14-11-8-5-2/h8,11-12,15,17,20-21,24,26,34,41,44,59H,4-7,9-10,13-14,16,18-19,22-23,25,27-33,35-40,42-43,45-58H2,1-3H3/b11-8-,15-12-,20-17-,24-21-,34-26-,44-41-. The summed E-state index contributed by atoms with van der Waals surface area (Å²) >= 11 is 0. The fourth-order valence-electron chi connectivity index (χ4n) is 8.12. The lowest BCUT2D eigenvalue weighted by atomic mass is 10.0. The van der Waals surface area contributed by atoms with Gasteiger partial charge in [-0.25, -0.2) is 0 Å². The first-order valence-electron chi connectivity index (χ1n) is 28.9. The fourth-order valence-corrected chi connectivity index (χ4v) is 8.12. The molecular weight excluding hydrogens is 841 g/mol. The Kier molecular flexibility index (Phi) is 53.8. The lowest BCUT2D eigenvalue weighted by Crippen LogP contribution is -2.30. The molecule has 6 nitrogen and oxygen atoms in total. The van der Waals surface area contributed by atoms with Crippen LogP contribution < -0.4 is 0 Å². The molecule has 68 heavy (non-hydrogen) atoms. The van der Waals surface area contributed by atoms with Crippen molar-refractivity contribution in [2.24, 2.45) is 0 Å². The van der Waals surface area contributed by atoms with E-state index >= 15 is 0 Å². The minimum Gasteiger partial charge on any atom is -0.462 e. The minimum atomic E-state index is -0.801. The van der Waals surface area contributed by atoms with E-state index in [0.29, 0.717) is 19.3 Å². The zero-order chi connectivity index (χ0) is 49.3. The summed E-state index contributed by atoms with van der Waals surface area (Å²) in [6.45, 7) is 6.44. The van der Waals surface area contributed by atoms with Crippen LogP contribution in [0.25, 0.3) is 0 Å². The van der Waals surface area contributed by atoms with Crippen LogP contribution in [0.15, 0.2) is 72.9 Å². The van der Waals surface area contributed by atoms with Gasteiger partial charge in [-0.3, -0.25) is 14.4 Å². The van der Waals surface area contributed by atoms with Crippen molar-refractivity contribution in [2.45, 2.75) is 290 Å². The minimum absolute atomic E-state index is 0.0947. The van der Waals surface area contributed by atoms with Crippen molar-refractivity contribution in [2.75, 3.05) is 13.2 Å². The molecule has 0 fully saturated rings. The summed E-state index contributed by atoms with van der Waals surface area (Å²) < 4.78 is 16.8. The summed E-state index contributed by atoms with van der Waals surface area (Å²) in [5.74, 6) is -0.943. The summed E-state index contributed by atoms with van der Waals surface area (Å²) in [5, 5.41) is 0. The molecule has 6 heteroatoms. The van der Waals surface area contributed by atoms with Crippen molar-refractivity contribution in [3.8, 4) is 0 Å². The molecule has 0 aromatic carbocycles. The van der Waals surface area contributed by atoms with Crippen molar-refractivity contribution < 1.29 is 28.6 Å². The molecule has 1 unspecified atom stereocenters. The van der Waals surface area contributed by atoms with E-state index in [1.165, 1.54) is 128 Å². The maximum Gasteiger partial charge on any atom is 0.306 e. The molecular formula is C62H108O6. The van der Waals surface area contributed by atoms with Gasteiger partial charge < -0.3 is 14.2 Å². The van der Waals surface area contributed by atoms with Crippen LogP contribution in [0.5, 0.6) is 0 Å². The molecule has 0 amide bonds. The Morgan fingerprint density at radius 1 is 0.309 bits per heavy atom. The number of esters is 3. The number of unbranched alkanes of at least 4 members (excludes halogenated alkanes) is 29. The molecule has 0 saturated heterocycles. The molecule has 1 atom stereocenters. The van der Waals surface area contributed by atoms with E-state index in [1.807, 2.05) is 0 Å². The SMILES string of the molecule is CC/C=C\C/C=C\C/C=C\C/C=C\CCCCC(=O)OC(COC(=O)CCCCCCC/C=C\C/C=C\CCC)COC(=O)CCCCCCCCCCCCCCCCCCCCCCCC. The first-order chi connectivity index (χ1) is 33.5. The second-order valence-electron chi connectivity index (χ2n) is 19.2. The molecule has 0 saturated carbocycles. The summed E-state index contributed by atoms with van der Waals surface area (Å²) in [5.41, 5.74) is 0. The number of hydrogen-bond acceptors (Lipinski definition) is 6. The zero-order valence-corrected chi connectivity index (χ0v) is 44.9. The van der Waals surface area contributed by atoms with E-state index in [-0.39, 0.29) is 37.5 Å². The second kappa shape index (κ2) is 56.4. The summed E-state index contributed by atoms with van der Waals surface area (Å²) in [6, 6.07) is 0. The van der Waals surface area contributed by atoms with Crippen molar-refractivity contribution in [3.63, 3.8) is 0 Å². The third kappa shape index (κ3) is 53.8. The van der Waals surface area contributed by atoms with Gasteiger partial charge >= 0.3 is 17.9 Å². The maximum atomic E-state index is 12.8. The van der Waals surface area contributed by atoms with E-state index in [9.17, 15) is 14.4 Å². The Hall–Kier alpha value is -3.15. The average Bonchev–Trinajstić information content (AvgIpc) is 3.34. The van der Waals surface area contributed by atoms with Gasteiger partial charge in [0, 0.05) is 19.3 Å². The second-order valence-corrected chi connectivity index (χ2v) is 19.2. The number of rotatable bonds is 52. The molecule has 392 valence electrons. The number of ether oxygens (including phenoxy) is 3. The highest BCUT2D eigenvalue weighted by Crippen LogP contribution is 2.16. The van der Waals surface area contributed by atoms with E-state index in [4.69, 9.17) is 14.2 Å². The Balaban J connectivity index is 4.34. The number of carbonyl (C=O) groups is 3. The predicted molar refractivity (Wildman–Crippen MR) is 293 cm³/mol. The predicted octanol–water partition coefficient (Wildman–Crippen LogP) is 19.4. The van der Waals surface area contributed by atoms with Gasteiger partial charge in [-0.2, -0.15) is 0 Å². The molecule has 0 aliphatic carbocycles. The fraction of sp³-hybridized carbons (Fsp3) is 0.758. The van der Waals surface area contributed by atoms with Crippen LogP contribution in [0.4, 0.5) is 0 Å². The molecule has 0 radical (unpaired) electrons. The number of allylic oxidation sites excluding steroid dienone is 12. The van der Waals surface area contributed by atoms with Crippen LogP contribution in [-0.2, 0) is 28.6 Å². The Labute approximate surface area is 421 Å². The van der Waals surface area contributed by atoms with Gasteiger partial charge in [0.2, 0.25) is 0 Å². The molecule has 0 aromatic rings. The molecule has 0 spiro atoms. The Morgan fingerprint density at radius 2 is 0.603 bits per heavy atom. The van der Waals surface area contributed by atoms with Gasteiger partial charge in [0.25, 0.3) is 0 Å². The molecule has 0 aliphatic rings. The van der Waals surface area contributed by atoms with Gasteiger partial charge in [0.1, 0.15) is 13.2 Å². The van der Waals surface area contributed by atoms with E-state index in [2.05, 4.69) is 93.7 Å². The molecule has 0 aliphatic heterocycles. The molecule has 0 rings (SSSR count). The van der Waals surface area contributed by atoms with Crippen LogP contribution in [0.1, 0.15) is 284 Å². The lowest BCUT2D eigenvalue weighted by Gasteiger charge is -2.18. The molecule has 0 bridgehead atoms. The van der Waals surface area contributed by atoms with Crippen LogP contribution in [0.3, 0.4) is 0 Å². The molecule has 0 aromatic heterocycles. The molecule has 0 N–H and O–H groups in total. The van der Waals surface area contributed by atoms with Crippen LogP contribution in [0, 0.1) is 0 Å². The third-order valence-electron chi connectivity index (χ3n) is 12.4. The molecule has 0 heterocycles. The monoisotopic (exact) mass is 949 g/mol. The van der Waals surface area contributed by atoms with E-state index < -0.39 is 6.10 Å². The maximum absolute atomic E-state index is 12.8.